The molecule has 4 N–H and O–H groups in total. The second-order valence-electron chi connectivity index (χ2n) is 10.1. The summed E-state index contributed by atoms with van der Waals surface area (Å²) >= 11 is 0. The third kappa shape index (κ3) is 4.69. The Morgan fingerprint density at radius 1 is 0.925 bits per heavy atom. The molecule has 0 unspecified atom stereocenters. The van der Waals surface area contributed by atoms with Crippen LogP contribution in [0.1, 0.15) is 19.3 Å². The Labute approximate surface area is 229 Å². The maximum Gasteiger partial charge on any atom is 0.224 e. The molecule has 7 rings (SSSR count). The van der Waals surface area contributed by atoms with Gasteiger partial charge in [-0.3, -0.25) is 19.9 Å². The van der Waals surface area contributed by atoms with Gasteiger partial charge in [-0.05, 0) is 68.2 Å². The van der Waals surface area contributed by atoms with Gasteiger partial charge in [0.25, 0.3) is 0 Å². The Morgan fingerprint density at radius 2 is 1.82 bits per heavy atom. The summed E-state index contributed by atoms with van der Waals surface area (Å²) in [5.74, 6) is 0.442. The first-order chi connectivity index (χ1) is 19.7. The Kier molecular flexibility index (Phi) is 6.21. The van der Waals surface area contributed by atoms with Gasteiger partial charge in [-0.1, -0.05) is 6.07 Å². The van der Waals surface area contributed by atoms with E-state index in [-0.39, 0.29) is 5.91 Å². The minimum Gasteiger partial charge on any atom is -0.338 e. The van der Waals surface area contributed by atoms with Gasteiger partial charge in [0.2, 0.25) is 5.91 Å². The Bertz CT molecular complexity index is 1820. The van der Waals surface area contributed by atoms with E-state index in [0.717, 1.165) is 76.1 Å². The zero-order valence-corrected chi connectivity index (χ0v) is 21.7. The molecular weight excluding hydrogens is 502 g/mol. The van der Waals surface area contributed by atoms with Crippen LogP contribution in [-0.2, 0) is 4.79 Å². The van der Waals surface area contributed by atoms with Crippen LogP contribution in [0, 0.1) is 5.92 Å². The predicted octanol–water partition coefficient (Wildman–Crippen LogP) is 4.95. The van der Waals surface area contributed by atoms with E-state index < -0.39 is 0 Å². The number of pyridine rings is 4. The smallest absolute Gasteiger partial charge is 0.224 e. The maximum absolute atomic E-state index is 12.7. The third-order valence-corrected chi connectivity index (χ3v) is 7.44. The first-order valence-corrected chi connectivity index (χ1v) is 13.4. The van der Waals surface area contributed by atoms with E-state index in [1.807, 2.05) is 36.4 Å². The van der Waals surface area contributed by atoms with Crippen molar-refractivity contribution in [3.8, 4) is 33.8 Å². The quantitative estimate of drug-likeness (QED) is 0.239. The van der Waals surface area contributed by atoms with Crippen LogP contribution in [0.2, 0.25) is 0 Å². The zero-order valence-electron chi connectivity index (χ0n) is 21.7. The number of anilines is 1. The molecular formula is C30H27N9O. The van der Waals surface area contributed by atoms with Crippen molar-refractivity contribution in [2.45, 2.75) is 19.3 Å². The highest BCUT2D eigenvalue weighted by Crippen LogP contribution is 2.33. The van der Waals surface area contributed by atoms with Gasteiger partial charge in [0.1, 0.15) is 5.65 Å². The lowest BCUT2D eigenvalue weighted by atomic mass is 9.94. The van der Waals surface area contributed by atoms with Crippen molar-refractivity contribution in [3.05, 3.63) is 73.4 Å². The Balaban J connectivity index is 1.19. The van der Waals surface area contributed by atoms with E-state index in [9.17, 15) is 4.79 Å². The van der Waals surface area contributed by atoms with E-state index in [2.05, 4.69) is 51.8 Å². The number of aromatic amines is 2. The number of aromatic nitrogens is 7. The summed E-state index contributed by atoms with van der Waals surface area (Å²) in [5.41, 5.74) is 7.33. The van der Waals surface area contributed by atoms with Crippen LogP contribution in [0.5, 0.6) is 0 Å². The van der Waals surface area contributed by atoms with Crippen LogP contribution in [0.3, 0.4) is 0 Å². The van der Waals surface area contributed by atoms with Crippen molar-refractivity contribution < 1.29 is 4.79 Å². The molecule has 7 heterocycles. The molecule has 0 spiro atoms. The maximum atomic E-state index is 12.7. The average Bonchev–Trinajstić information content (AvgIpc) is 3.62. The fraction of sp³-hybridized carbons (Fsp3) is 0.200. The van der Waals surface area contributed by atoms with Crippen LogP contribution >= 0.6 is 0 Å². The summed E-state index contributed by atoms with van der Waals surface area (Å²) in [6, 6.07) is 13.9. The van der Waals surface area contributed by atoms with Gasteiger partial charge in [0, 0.05) is 58.7 Å². The van der Waals surface area contributed by atoms with Crippen molar-refractivity contribution in [2.75, 3.05) is 18.4 Å². The number of carbonyl (C=O) groups is 1. The minimum atomic E-state index is 0.0223. The van der Waals surface area contributed by atoms with Crippen LogP contribution in [0.25, 0.3) is 55.8 Å². The van der Waals surface area contributed by atoms with Gasteiger partial charge in [-0.2, -0.15) is 5.10 Å². The topological polar surface area (TPSA) is 137 Å². The molecule has 0 radical (unpaired) electrons. The molecule has 0 aliphatic carbocycles. The largest absolute Gasteiger partial charge is 0.338 e. The molecule has 0 atom stereocenters. The molecule has 6 aromatic rings. The van der Waals surface area contributed by atoms with Gasteiger partial charge < -0.3 is 15.6 Å². The molecule has 1 amide bonds. The number of nitrogens with zero attached hydrogens (tertiary/aromatic N) is 5. The van der Waals surface area contributed by atoms with Crippen molar-refractivity contribution >= 4 is 33.7 Å². The number of nitrogens with one attached hydrogen (secondary N) is 4. The number of piperidine rings is 1. The molecule has 10 heteroatoms. The Morgan fingerprint density at radius 3 is 2.70 bits per heavy atom. The van der Waals surface area contributed by atoms with Gasteiger partial charge in [0.05, 0.1) is 29.0 Å². The van der Waals surface area contributed by atoms with Gasteiger partial charge in [0.15, 0.2) is 5.65 Å². The molecule has 1 aliphatic heterocycles. The number of hydrogen-bond donors (Lipinski definition) is 4. The molecule has 0 bridgehead atoms. The third-order valence-electron chi connectivity index (χ3n) is 7.44. The molecule has 198 valence electrons. The lowest BCUT2D eigenvalue weighted by Crippen LogP contribution is -2.30. The van der Waals surface area contributed by atoms with E-state index in [1.54, 1.807) is 31.0 Å². The normalized spacial score (nSPS) is 14.1. The standard InChI is InChI=1S/C30H27N9O/c40-27(11-18-4-8-31-9-5-18)36-21-12-19(15-32-17-21)20-13-24-28(38-39-30(24)35-16-20)26-14-23-22(6-10-34-29(23)37-26)25-3-1-2-7-33-25/h1-3,6-7,10,12-18,31H,4-5,8-9,11H2,(H,34,37)(H,36,40)(H,35,38,39). The highest BCUT2D eigenvalue weighted by Gasteiger charge is 2.18. The van der Waals surface area contributed by atoms with Crippen LogP contribution in [0.15, 0.2) is 73.4 Å². The van der Waals surface area contributed by atoms with Crippen molar-refractivity contribution in [3.63, 3.8) is 0 Å². The number of H-pyrrole nitrogens is 2. The Hall–Kier alpha value is -4.96. The second kappa shape index (κ2) is 10.3. The first kappa shape index (κ1) is 24.1. The first-order valence-electron chi connectivity index (χ1n) is 13.4. The van der Waals surface area contributed by atoms with Gasteiger partial charge >= 0.3 is 0 Å². The van der Waals surface area contributed by atoms with E-state index in [4.69, 9.17) is 0 Å². The molecule has 1 fully saturated rings. The molecule has 1 aliphatic rings. The number of fused-ring (bicyclic) bond motifs is 2. The van der Waals surface area contributed by atoms with E-state index in [1.165, 1.54) is 0 Å². The molecule has 1 saturated heterocycles. The summed E-state index contributed by atoms with van der Waals surface area (Å²) < 4.78 is 0. The average molecular weight is 530 g/mol. The zero-order chi connectivity index (χ0) is 26.9. The van der Waals surface area contributed by atoms with Crippen molar-refractivity contribution in [1.29, 1.82) is 0 Å². The lowest BCUT2D eigenvalue weighted by Gasteiger charge is -2.21. The number of hydrogen-bond acceptors (Lipinski definition) is 7. The number of carbonyl (C=O) groups excluding carboxylic acids is 1. The highest BCUT2D eigenvalue weighted by atomic mass is 16.1. The van der Waals surface area contributed by atoms with E-state index in [0.29, 0.717) is 23.7 Å². The monoisotopic (exact) mass is 529 g/mol. The van der Waals surface area contributed by atoms with Crippen LogP contribution < -0.4 is 10.6 Å². The molecule has 10 nitrogen and oxygen atoms in total. The summed E-state index contributed by atoms with van der Waals surface area (Å²) in [6.07, 6.45) is 11.4. The van der Waals surface area contributed by atoms with Gasteiger partial charge in [-0.15, -0.1) is 0 Å². The van der Waals surface area contributed by atoms with Crippen molar-refractivity contribution in [1.82, 2.24) is 40.4 Å². The summed E-state index contributed by atoms with van der Waals surface area (Å²) in [4.78, 5) is 34.1. The lowest BCUT2D eigenvalue weighted by molar-refractivity contribution is -0.117. The summed E-state index contributed by atoms with van der Waals surface area (Å²) in [7, 11) is 0. The van der Waals surface area contributed by atoms with Crippen LogP contribution in [0.4, 0.5) is 5.69 Å². The highest BCUT2D eigenvalue weighted by molar-refractivity contribution is 5.99. The molecule has 40 heavy (non-hydrogen) atoms. The van der Waals surface area contributed by atoms with E-state index >= 15 is 0 Å². The fourth-order valence-corrected chi connectivity index (χ4v) is 5.40. The van der Waals surface area contributed by atoms with Gasteiger partial charge in [-0.25, -0.2) is 9.97 Å². The fourth-order valence-electron chi connectivity index (χ4n) is 5.40. The van der Waals surface area contributed by atoms with Crippen molar-refractivity contribution in [2.24, 2.45) is 5.92 Å². The van der Waals surface area contributed by atoms with Crippen LogP contribution in [-0.4, -0.2) is 54.1 Å². The number of amides is 1. The predicted molar refractivity (Wildman–Crippen MR) is 154 cm³/mol. The second-order valence-corrected chi connectivity index (χ2v) is 10.1. The number of rotatable bonds is 6. The molecule has 0 saturated carbocycles. The molecule has 6 aromatic heterocycles. The summed E-state index contributed by atoms with van der Waals surface area (Å²) in [6.45, 7) is 1.95. The minimum absolute atomic E-state index is 0.0223. The SMILES string of the molecule is O=C(CC1CCNCC1)Nc1cncc(-c2cnc3n[nH]c(-c4cc5c(-c6ccccn6)ccnc5[nH]4)c3c2)c1. The summed E-state index contributed by atoms with van der Waals surface area (Å²) in [5, 5.41) is 15.8. The molecule has 0 aromatic carbocycles.